The van der Waals surface area contributed by atoms with Gasteiger partial charge in [0.05, 0.1) is 0 Å². The molecule has 0 radical (unpaired) electrons. The number of fused-ring (bicyclic) bond motifs is 6. The first-order valence-corrected chi connectivity index (χ1v) is 25.1. The Morgan fingerprint density at radius 3 is 1.87 bits per heavy atom. The Kier molecular flexibility index (Phi) is 12.7. The van der Waals surface area contributed by atoms with Crippen molar-refractivity contribution in [2.75, 3.05) is 0 Å². The largest absolute Gasteiger partial charge is 0.456 e. The smallest absolute Gasteiger partial charge is 0.136 e. The Morgan fingerprint density at radius 2 is 1.08 bits per heavy atom. The summed E-state index contributed by atoms with van der Waals surface area (Å²) in [4.78, 5) is 5.39. The van der Waals surface area contributed by atoms with E-state index in [1.54, 1.807) is 0 Å². The molecule has 0 fully saturated rings. The van der Waals surface area contributed by atoms with E-state index in [1.807, 2.05) is 34.0 Å². The van der Waals surface area contributed by atoms with Crippen LogP contribution in [0, 0.1) is 13.8 Å². The maximum absolute atomic E-state index is 6.31. The van der Waals surface area contributed by atoms with Crippen LogP contribution in [0.25, 0.3) is 84.6 Å². The van der Waals surface area contributed by atoms with Crippen LogP contribution in [0.15, 0.2) is 114 Å². The molecule has 4 aromatic heterocycles. The van der Waals surface area contributed by atoms with E-state index in [0.717, 1.165) is 24.0 Å². The molecule has 9 rings (SSSR count). The van der Waals surface area contributed by atoms with Crippen LogP contribution in [0.1, 0.15) is 112 Å². The monoisotopic (exact) mass is 842 g/mol. The minimum Gasteiger partial charge on any atom is -0.456 e. The first kappa shape index (κ1) is 40.9. The van der Waals surface area contributed by atoms with Crippen LogP contribution in [0.5, 0.6) is 0 Å². The predicted molar refractivity (Wildman–Crippen MR) is 268 cm³/mol. The summed E-state index contributed by atoms with van der Waals surface area (Å²) in [6, 6.07) is 42.0. The van der Waals surface area contributed by atoms with Crippen molar-refractivity contribution in [1.82, 2.24) is 0 Å². The number of furan rings is 1. The first-order valence-electron chi connectivity index (χ1n) is 22.7. The standard InChI is InChI=1S/C56H58OS3/c1-5-7-9-11-13-15-19-39-33-46(41(29-37(39)3)20-16-14-12-10-8-6-2)43-30-42(31-44(32-43)52-27-28-55(59-52)54-25-23-38(4)58-54)40-24-26-53-48(34-40)49-35-47-45-21-17-18-22-50(45)57-51(47)36-56(49)60-53/h17-18,21-36H,5-16,19-20H2,1-4H3. The van der Waals surface area contributed by atoms with Gasteiger partial charge in [0.1, 0.15) is 11.2 Å². The zero-order chi connectivity index (χ0) is 41.0. The molecule has 0 unspecified atom stereocenters. The molecule has 306 valence electrons. The van der Waals surface area contributed by atoms with Gasteiger partial charge >= 0.3 is 0 Å². The van der Waals surface area contributed by atoms with E-state index in [-0.39, 0.29) is 0 Å². The van der Waals surface area contributed by atoms with E-state index in [1.165, 1.54) is 172 Å². The summed E-state index contributed by atoms with van der Waals surface area (Å²) in [5.74, 6) is 0. The highest BCUT2D eigenvalue weighted by molar-refractivity contribution is 7.26. The average Bonchev–Trinajstić information content (AvgIpc) is 4.08. The van der Waals surface area contributed by atoms with Crippen LogP contribution in [-0.4, -0.2) is 0 Å². The summed E-state index contributed by atoms with van der Waals surface area (Å²) in [5.41, 5.74) is 13.0. The second-order valence-electron chi connectivity index (χ2n) is 17.1. The van der Waals surface area contributed by atoms with Crippen molar-refractivity contribution in [3.05, 3.63) is 131 Å². The third-order valence-corrected chi connectivity index (χ3v) is 16.0. The zero-order valence-corrected chi connectivity index (χ0v) is 38.4. The van der Waals surface area contributed by atoms with Gasteiger partial charge in [-0.05, 0) is 157 Å². The lowest BCUT2D eigenvalue weighted by atomic mass is 9.87. The molecule has 5 aromatic carbocycles. The van der Waals surface area contributed by atoms with Gasteiger partial charge in [-0.15, -0.1) is 34.0 Å². The second-order valence-corrected chi connectivity index (χ2v) is 20.6. The van der Waals surface area contributed by atoms with Gasteiger partial charge in [0.25, 0.3) is 0 Å². The molecule has 0 aliphatic carbocycles. The normalized spacial score (nSPS) is 11.9. The van der Waals surface area contributed by atoms with Crippen molar-refractivity contribution < 1.29 is 4.42 Å². The number of rotatable bonds is 18. The molecule has 0 bridgehead atoms. The molecule has 9 aromatic rings. The molecule has 0 spiro atoms. The van der Waals surface area contributed by atoms with Crippen molar-refractivity contribution >= 4 is 76.1 Å². The number of para-hydroxylation sites is 1. The van der Waals surface area contributed by atoms with E-state index in [0.29, 0.717) is 0 Å². The summed E-state index contributed by atoms with van der Waals surface area (Å²) in [6.07, 6.45) is 18.1. The third-order valence-electron chi connectivity index (χ3n) is 12.6. The number of benzene rings is 5. The fourth-order valence-corrected chi connectivity index (χ4v) is 12.3. The molecule has 0 aliphatic heterocycles. The molecule has 4 heterocycles. The molecule has 0 saturated carbocycles. The lowest BCUT2D eigenvalue weighted by molar-refractivity contribution is 0.605. The molecular formula is C56H58OS3. The Bertz CT molecular complexity index is 2890. The van der Waals surface area contributed by atoms with Gasteiger partial charge in [0.15, 0.2) is 0 Å². The summed E-state index contributed by atoms with van der Waals surface area (Å²) < 4.78 is 8.90. The van der Waals surface area contributed by atoms with Gasteiger partial charge in [-0.2, -0.15) is 0 Å². The molecule has 0 aliphatic rings. The van der Waals surface area contributed by atoms with Gasteiger partial charge in [0, 0.05) is 50.5 Å². The SMILES string of the molecule is CCCCCCCCc1cc(-c2cc(-c3ccc4sc5cc6oc7ccccc7c6cc5c4c3)cc(-c3ccc(-c4ccc(C)s4)s3)c2)c(CCCCCCCC)cc1C. The minimum absolute atomic E-state index is 0.951. The Labute approximate surface area is 369 Å². The highest BCUT2D eigenvalue weighted by Crippen LogP contribution is 2.44. The van der Waals surface area contributed by atoms with Crippen LogP contribution < -0.4 is 0 Å². The van der Waals surface area contributed by atoms with Gasteiger partial charge in [-0.25, -0.2) is 0 Å². The molecule has 4 heteroatoms. The van der Waals surface area contributed by atoms with Crippen molar-refractivity contribution in [2.24, 2.45) is 0 Å². The minimum atomic E-state index is 0.951. The van der Waals surface area contributed by atoms with Crippen LogP contribution in [0.4, 0.5) is 0 Å². The molecule has 0 N–H and O–H groups in total. The molecule has 0 amide bonds. The quantitative estimate of drug-likeness (QED) is 0.0785. The Balaban J connectivity index is 1.15. The maximum atomic E-state index is 6.31. The van der Waals surface area contributed by atoms with Crippen LogP contribution in [-0.2, 0) is 12.8 Å². The lowest BCUT2D eigenvalue weighted by Gasteiger charge is -2.18. The first-order chi connectivity index (χ1) is 29.4. The van der Waals surface area contributed by atoms with Gasteiger partial charge in [-0.3, -0.25) is 0 Å². The van der Waals surface area contributed by atoms with Gasteiger partial charge in [-0.1, -0.05) is 114 Å². The van der Waals surface area contributed by atoms with Crippen molar-refractivity contribution in [3.63, 3.8) is 0 Å². The molecule has 1 nitrogen and oxygen atoms in total. The Hall–Kier alpha value is -4.48. The fourth-order valence-electron chi connectivity index (χ4n) is 9.21. The highest BCUT2D eigenvalue weighted by Gasteiger charge is 2.17. The van der Waals surface area contributed by atoms with E-state index in [4.69, 9.17) is 4.42 Å². The van der Waals surface area contributed by atoms with E-state index in [9.17, 15) is 0 Å². The number of unbranched alkanes of at least 4 members (excludes halogenated alkanes) is 10. The molecular weight excluding hydrogens is 785 g/mol. The zero-order valence-electron chi connectivity index (χ0n) is 35.9. The summed E-state index contributed by atoms with van der Waals surface area (Å²) in [6.45, 7) is 9.19. The van der Waals surface area contributed by atoms with Crippen LogP contribution in [0.2, 0.25) is 0 Å². The average molecular weight is 843 g/mol. The lowest BCUT2D eigenvalue weighted by Crippen LogP contribution is -1.99. The highest BCUT2D eigenvalue weighted by atomic mass is 32.1. The maximum Gasteiger partial charge on any atom is 0.136 e. The van der Waals surface area contributed by atoms with E-state index in [2.05, 4.69) is 137 Å². The Morgan fingerprint density at radius 1 is 0.417 bits per heavy atom. The molecule has 0 saturated heterocycles. The van der Waals surface area contributed by atoms with Gasteiger partial charge in [0.2, 0.25) is 0 Å². The van der Waals surface area contributed by atoms with Crippen molar-refractivity contribution in [3.8, 4) is 42.4 Å². The summed E-state index contributed by atoms with van der Waals surface area (Å²) in [7, 11) is 0. The number of hydrogen-bond acceptors (Lipinski definition) is 4. The molecule has 0 atom stereocenters. The third kappa shape index (κ3) is 8.80. The topological polar surface area (TPSA) is 13.1 Å². The number of hydrogen-bond donors (Lipinski definition) is 0. The number of aryl methyl sites for hydroxylation is 4. The van der Waals surface area contributed by atoms with E-state index < -0.39 is 0 Å². The van der Waals surface area contributed by atoms with Gasteiger partial charge < -0.3 is 4.42 Å². The van der Waals surface area contributed by atoms with Crippen molar-refractivity contribution in [1.29, 1.82) is 0 Å². The van der Waals surface area contributed by atoms with Crippen molar-refractivity contribution in [2.45, 2.75) is 118 Å². The van der Waals surface area contributed by atoms with Crippen LogP contribution in [0.3, 0.4) is 0 Å². The predicted octanol–water partition coefficient (Wildman–Crippen LogP) is 19.2. The fraction of sp³-hybridized carbons (Fsp3) is 0.321. The van der Waals surface area contributed by atoms with Crippen LogP contribution >= 0.6 is 34.0 Å². The summed E-state index contributed by atoms with van der Waals surface area (Å²) >= 11 is 5.68. The molecule has 60 heavy (non-hydrogen) atoms. The summed E-state index contributed by atoms with van der Waals surface area (Å²) in [5, 5.41) is 5.00. The number of thiophene rings is 3. The second kappa shape index (κ2) is 18.6. The van der Waals surface area contributed by atoms with E-state index >= 15 is 0 Å².